The molecule has 0 saturated heterocycles. The molecular formula is C21H24FNO3. The third kappa shape index (κ3) is 5.41. The van der Waals surface area contributed by atoms with E-state index in [0.717, 1.165) is 17.5 Å². The molecule has 26 heavy (non-hydrogen) atoms. The average Bonchev–Trinajstić information content (AvgIpc) is 2.66. The van der Waals surface area contributed by atoms with Crippen molar-refractivity contribution in [2.45, 2.75) is 33.2 Å². The zero-order valence-electron chi connectivity index (χ0n) is 15.2. The zero-order chi connectivity index (χ0) is 18.9. The minimum atomic E-state index is -0.340. The van der Waals surface area contributed by atoms with Crippen molar-refractivity contribution in [3.63, 3.8) is 0 Å². The van der Waals surface area contributed by atoms with Crippen molar-refractivity contribution in [2.75, 3.05) is 13.2 Å². The summed E-state index contributed by atoms with van der Waals surface area (Å²) in [5.74, 6) is -0.807. The van der Waals surface area contributed by atoms with E-state index < -0.39 is 0 Å². The molecule has 0 heterocycles. The highest BCUT2D eigenvalue weighted by Crippen LogP contribution is 2.16. The molecule has 0 N–H and O–H groups in total. The SMILES string of the molecule is CCOC(=O)CCN(Cc1ccc(F)cc1)C(=O)c1ccccc1CC. The summed E-state index contributed by atoms with van der Waals surface area (Å²) in [6, 6.07) is 13.5. The summed E-state index contributed by atoms with van der Waals surface area (Å²) in [7, 11) is 0. The third-order valence-corrected chi connectivity index (χ3v) is 4.09. The minimum absolute atomic E-state index is 0.120. The van der Waals surface area contributed by atoms with Gasteiger partial charge < -0.3 is 9.64 Å². The van der Waals surface area contributed by atoms with Gasteiger partial charge in [-0.05, 0) is 42.7 Å². The van der Waals surface area contributed by atoms with E-state index in [9.17, 15) is 14.0 Å². The van der Waals surface area contributed by atoms with Gasteiger partial charge >= 0.3 is 5.97 Å². The Balaban J connectivity index is 2.21. The van der Waals surface area contributed by atoms with Crippen LogP contribution in [0.1, 0.15) is 41.8 Å². The van der Waals surface area contributed by atoms with Gasteiger partial charge in [-0.3, -0.25) is 9.59 Å². The topological polar surface area (TPSA) is 46.6 Å². The molecule has 0 aliphatic heterocycles. The maximum absolute atomic E-state index is 13.1. The molecule has 1 amide bonds. The highest BCUT2D eigenvalue weighted by atomic mass is 19.1. The summed E-state index contributed by atoms with van der Waals surface area (Å²) >= 11 is 0. The number of nitrogens with zero attached hydrogens (tertiary/aromatic N) is 1. The molecule has 0 saturated carbocycles. The van der Waals surface area contributed by atoms with Gasteiger partial charge in [0.05, 0.1) is 13.0 Å². The smallest absolute Gasteiger partial charge is 0.307 e. The molecule has 0 bridgehead atoms. The second-order valence-corrected chi connectivity index (χ2v) is 5.92. The van der Waals surface area contributed by atoms with Crippen molar-refractivity contribution in [1.29, 1.82) is 0 Å². The first-order chi connectivity index (χ1) is 12.5. The maximum atomic E-state index is 13.1. The second kappa shape index (κ2) is 9.70. The number of carbonyl (C=O) groups excluding carboxylic acids is 2. The van der Waals surface area contributed by atoms with Gasteiger partial charge in [0.2, 0.25) is 0 Å². The van der Waals surface area contributed by atoms with Gasteiger partial charge in [0.25, 0.3) is 5.91 Å². The predicted molar refractivity (Wildman–Crippen MR) is 98.2 cm³/mol. The van der Waals surface area contributed by atoms with Crippen LogP contribution in [-0.4, -0.2) is 29.9 Å². The molecule has 2 rings (SSSR count). The number of amides is 1. The molecule has 5 heteroatoms. The molecule has 2 aromatic carbocycles. The summed E-state index contributed by atoms with van der Waals surface area (Å²) in [5, 5.41) is 0. The molecular weight excluding hydrogens is 333 g/mol. The van der Waals surface area contributed by atoms with E-state index in [2.05, 4.69) is 0 Å². The number of rotatable bonds is 8. The van der Waals surface area contributed by atoms with Gasteiger partial charge in [-0.15, -0.1) is 0 Å². The molecule has 0 unspecified atom stereocenters. The number of esters is 1. The number of benzene rings is 2. The van der Waals surface area contributed by atoms with Crippen molar-refractivity contribution >= 4 is 11.9 Å². The van der Waals surface area contributed by atoms with E-state index in [1.807, 2.05) is 25.1 Å². The summed E-state index contributed by atoms with van der Waals surface area (Å²) in [6.07, 6.45) is 0.860. The van der Waals surface area contributed by atoms with Crippen LogP contribution < -0.4 is 0 Å². The van der Waals surface area contributed by atoms with Crippen LogP contribution in [0.5, 0.6) is 0 Å². The van der Waals surface area contributed by atoms with Crippen LogP contribution >= 0.6 is 0 Å². The zero-order valence-corrected chi connectivity index (χ0v) is 15.2. The van der Waals surface area contributed by atoms with E-state index in [4.69, 9.17) is 4.74 Å². The number of ether oxygens (including phenoxy) is 1. The Kier molecular flexibility index (Phi) is 7.33. The number of hydrogen-bond acceptors (Lipinski definition) is 3. The van der Waals surface area contributed by atoms with Gasteiger partial charge in [0.1, 0.15) is 5.82 Å². The monoisotopic (exact) mass is 357 g/mol. The lowest BCUT2D eigenvalue weighted by Gasteiger charge is -2.24. The second-order valence-electron chi connectivity index (χ2n) is 5.92. The van der Waals surface area contributed by atoms with Crippen molar-refractivity contribution in [3.05, 3.63) is 71.0 Å². The maximum Gasteiger partial charge on any atom is 0.307 e. The molecule has 0 fully saturated rings. The highest BCUT2D eigenvalue weighted by molar-refractivity contribution is 5.95. The lowest BCUT2D eigenvalue weighted by Crippen LogP contribution is -2.33. The highest BCUT2D eigenvalue weighted by Gasteiger charge is 2.19. The van der Waals surface area contributed by atoms with Gasteiger partial charge in [0, 0.05) is 18.7 Å². The molecule has 0 spiro atoms. The quantitative estimate of drug-likeness (QED) is 0.671. The Morgan fingerprint density at radius 1 is 1.04 bits per heavy atom. The fourth-order valence-electron chi connectivity index (χ4n) is 2.73. The molecule has 2 aromatic rings. The Morgan fingerprint density at radius 3 is 2.38 bits per heavy atom. The standard InChI is InChI=1S/C21H24FNO3/c1-3-17-7-5-6-8-19(17)21(25)23(14-13-20(24)26-4-2)15-16-9-11-18(22)12-10-16/h5-12H,3-4,13-15H2,1-2H3. The molecule has 0 aromatic heterocycles. The first-order valence-corrected chi connectivity index (χ1v) is 8.82. The van der Waals surface area contributed by atoms with Gasteiger partial charge in [-0.25, -0.2) is 4.39 Å². The Labute approximate surface area is 153 Å². The number of aryl methyl sites for hydroxylation is 1. The lowest BCUT2D eigenvalue weighted by atomic mass is 10.0. The van der Waals surface area contributed by atoms with Crippen LogP contribution in [-0.2, 0) is 22.5 Å². The van der Waals surface area contributed by atoms with Gasteiger partial charge in [0.15, 0.2) is 0 Å². The van der Waals surface area contributed by atoms with Crippen LogP contribution in [0.15, 0.2) is 48.5 Å². The Bertz CT molecular complexity index is 743. The first kappa shape index (κ1) is 19.6. The van der Waals surface area contributed by atoms with E-state index in [0.29, 0.717) is 18.7 Å². The number of hydrogen-bond donors (Lipinski definition) is 0. The largest absolute Gasteiger partial charge is 0.466 e. The third-order valence-electron chi connectivity index (χ3n) is 4.09. The van der Waals surface area contributed by atoms with Gasteiger partial charge in [-0.1, -0.05) is 37.3 Å². The van der Waals surface area contributed by atoms with Crippen molar-refractivity contribution in [2.24, 2.45) is 0 Å². The van der Waals surface area contributed by atoms with E-state index >= 15 is 0 Å². The van der Waals surface area contributed by atoms with Crippen molar-refractivity contribution in [3.8, 4) is 0 Å². The van der Waals surface area contributed by atoms with Crippen molar-refractivity contribution in [1.82, 2.24) is 4.90 Å². The molecule has 0 aliphatic carbocycles. The summed E-state index contributed by atoms with van der Waals surface area (Å²) in [6.45, 7) is 4.60. The Hall–Kier alpha value is -2.69. The minimum Gasteiger partial charge on any atom is -0.466 e. The summed E-state index contributed by atoms with van der Waals surface area (Å²) in [4.78, 5) is 26.4. The molecule has 138 valence electrons. The molecule has 0 atom stereocenters. The van der Waals surface area contributed by atoms with Crippen molar-refractivity contribution < 1.29 is 18.7 Å². The first-order valence-electron chi connectivity index (χ1n) is 8.82. The van der Waals surface area contributed by atoms with E-state index in [1.54, 1.807) is 30.0 Å². The van der Waals surface area contributed by atoms with Crippen LogP contribution in [0.2, 0.25) is 0 Å². The van der Waals surface area contributed by atoms with Crippen LogP contribution in [0.25, 0.3) is 0 Å². The van der Waals surface area contributed by atoms with Crippen LogP contribution in [0.3, 0.4) is 0 Å². The van der Waals surface area contributed by atoms with E-state index in [-0.39, 0.29) is 30.7 Å². The number of carbonyl (C=O) groups is 2. The normalized spacial score (nSPS) is 10.4. The predicted octanol–water partition coefficient (Wildman–Crippen LogP) is 3.98. The summed E-state index contributed by atoms with van der Waals surface area (Å²) < 4.78 is 18.1. The molecule has 0 radical (unpaired) electrons. The lowest BCUT2D eigenvalue weighted by molar-refractivity contribution is -0.143. The fraction of sp³-hybridized carbons (Fsp3) is 0.333. The molecule has 4 nitrogen and oxygen atoms in total. The van der Waals surface area contributed by atoms with E-state index in [1.165, 1.54) is 12.1 Å². The van der Waals surface area contributed by atoms with Crippen LogP contribution in [0.4, 0.5) is 4.39 Å². The summed E-state index contributed by atoms with van der Waals surface area (Å²) in [5.41, 5.74) is 2.39. The van der Waals surface area contributed by atoms with Crippen LogP contribution in [0, 0.1) is 5.82 Å². The average molecular weight is 357 g/mol. The number of halogens is 1. The molecule has 0 aliphatic rings. The fourth-order valence-corrected chi connectivity index (χ4v) is 2.73. The Morgan fingerprint density at radius 2 is 1.73 bits per heavy atom. The van der Waals surface area contributed by atoms with Gasteiger partial charge in [-0.2, -0.15) is 0 Å².